The molecule has 12 heteroatoms. The monoisotopic (exact) mass is 549 g/mol. The van der Waals surface area contributed by atoms with E-state index in [1.165, 1.54) is 11.0 Å². The zero-order valence-electron chi connectivity index (χ0n) is 21.2. The second kappa shape index (κ2) is 9.65. The molecule has 0 aromatic heterocycles. The number of carbonyl (C=O) groups is 4. The number of hydrogen-bond donors (Lipinski definition) is 4. The number of ether oxygens (including phenoxy) is 1. The predicted octanol–water partition coefficient (Wildman–Crippen LogP) is -0.856. The predicted molar refractivity (Wildman–Crippen MR) is 133 cm³/mol. The SMILES string of the molecule is CN(C)C1C(=O)C(C(N)=O)C(O)C2(O)C(=O)C3C(=O)c4c(O)cc(CN5CCOCC5)c(Cl)c4CC3CC12. The molecule has 3 aliphatic carbocycles. The minimum Gasteiger partial charge on any atom is -0.507 e. The molecule has 38 heavy (non-hydrogen) atoms. The number of nitrogens with two attached hydrogens (primary N) is 1. The van der Waals surface area contributed by atoms with Crippen LogP contribution in [0.4, 0.5) is 0 Å². The number of phenolic OH excluding ortho intramolecular Hbond substituents is 1. The molecule has 7 unspecified atom stereocenters. The van der Waals surface area contributed by atoms with Crippen LogP contribution in [0.25, 0.3) is 0 Å². The number of aliphatic hydroxyl groups excluding tert-OH is 1. The minimum atomic E-state index is -2.55. The molecule has 11 nitrogen and oxygen atoms in total. The summed E-state index contributed by atoms with van der Waals surface area (Å²) in [5, 5.41) is 33.9. The number of morpholine rings is 1. The Morgan fingerprint density at radius 3 is 2.53 bits per heavy atom. The number of ketones is 3. The molecule has 1 aliphatic heterocycles. The van der Waals surface area contributed by atoms with Crippen molar-refractivity contribution < 1.29 is 39.2 Å². The fourth-order valence-electron chi connectivity index (χ4n) is 7.02. The first-order valence-corrected chi connectivity index (χ1v) is 13.1. The fraction of sp³-hybridized carbons (Fsp3) is 0.615. The van der Waals surface area contributed by atoms with Gasteiger partial charge >= 0.3 is 0 Å². The van der Waals surface area contributed by atoms with Gasteiger partial charge in [-0.3, -0.25) is 29.0 Å². The molecule has 4 aliphatic rings. The smallest absolute Gasteiger partial charge is 0.230 e. The first kappa shape index (κ1) is 27.2. The summed E-state index contributed by atoms with van der Waals surface area (Å²) < 4.78 is 5.38. The van der Waals surface area contributed by atoms with Crippen molar-refractivity contribution in [2.45, 2.75) is 37.1 Å². The number of aromatic hydroxyl groups is 1. The van der Waals surface area contributed by atoms with Crippen molar-refractivity contribution in [3.05, 3.63) is 27.8 Å². The number of amides is 1. The Morgan fingerprint density at radius 1 is 1.26 bits per heavy atom. The number of Topliss-reactive ketones (excluding diaryl/α,β-unsaturated/α-hetero) is 3. The molecular formula is C26H32ClN3O8. The van der Waals surface area contributed by atoms with Crippen LogP contribution >= 0.6 is 11.6 Å². The van der Waals surface area contributed by atoms with Gasteiger partial charge in [0.1, 0.15) is 17.8 Å². The average Bonchev–Trinajstić information content (AvgIpc) is 2.84. The summed E-state index contributed by atoms with van der Waals surface area (Å²) in [5.41, 5.74) is 3.84. The first-order chi connectivity index (χ1) is 17.9. The lowest BCUT2D eigenvalue weighted by Gasteiger charge is -2.55. The Labute approximate surface area is 224 Å². The number of primary amides is 1. The molecule has 1 aromatic rings. The van der Waals surface area contributed by atoms with E-state index in [0.29, 0.717) is 49.0 Å². The molecule has 3 fully saturated rings. The Hall–Kier alpha value is -2.41. The Bertz CT molecular complexity index is 1220. The van der Waals surface area contributed by atoms with Gasteiger partial charge in [-0.2, -0.15) is 0 Å². The number of rotatable bonds is 4. The lowest BCUT2D eigenvalue weighted by Crippen LogP contribution is -2.75. The molecule has 206 valence electrons. The van der Waals surface area contributed by atoms with Crippen molar-refractivity contribution in [2.75, 3.05) is 40.4 Å². The third-order valence-electron chi connectivity index (χ3n) is 8.79. The highest BCUT2D eigenvalue weighted by Crippen LogP contribution is 2.52. The standard InChI is InChI=1S/C26H32ClN3O8/c1-29(2)20-14-8-11-7-13-17(15(31)9-12(19(13)27)10-30-3-5-38-6-4-30)21(32)16(11)23(34)26(14,37)24(35)18(22(20)33)25(28)36/h9,11,14,16,18,20,24,31,35,37H,3-8,10H2,1-2H3,(H2,28,36). The molecule has 0 bridgehead atoms. The summed E-state index contributed by atoms with van der Waals surface area (Å²) in [7, 11) is 3.15. The number of phenols is 1. The van der Waals surface area contributed by atoms with Gasteiger partial charge in [0, 0.05) is 30.6 Å². The largest absolute Gasteiger partial charge is 0.507 e. The molecule has 0 radical (unpaired) electrons. The van der Waals surface area contributed by atoms with Gasteiger partial charge in [-0.05, 0) is 50.0 Å². The van der Waals surface area contributed by atoms with Crippen molar-refractivity contribution in [1.29, 1.82) is 0 Å². The second-order valence-corrected chi connectivity index (χ2v) is 11.5. The van der Waals surface area contributed by atoms with Gasteiger partial charge in [-0.25, -0.2) is 0 Å². The Morgan fingerprint density at radius 2 is 1.92 bits per heavy atom. The molecule has 1 heterocycles. The van der Waals surface area contributed by atoms with Gasteiger partial charge in [0.2, 0.25) is 5.91 Å². The van der Waals surface area contributed by atoms with Crippen LogP contribution in [0.2, 0.25) is 5.02 Å². The van der Waals surface area contributed by atoms with Crippen molar-refractivity contribution in [2.24, 2.45) is 29.4 Å². The van der Waals surface area contributed by atoms with Gasteiger partial charge in [-0.1, -0.05) is 11.6 Å². The van der Waals surface area contributed by atoms with Crippen LogP contribution in [-0.2, 0) is 32.1 Å². The molecule has 1 aromatic carbocycles. The van der Waals surface area contributed by atoms with Crippen LogP contribution in [0.1, 0.15) is 27.9 Å². The number of nitrogens with zero attached hydrogens (tertiary/aromatic N) is 2. The van der Waals surface area contributed by atoms with Crippen molar-refractivity contribution in [3.8, 4) is 5.75 Å². The maximum atomic E-state index is 13.9. The number of aliphatic hydroxyl groups is 2. The normalized spacial score (nSPS) is 35.6. The van der Waals surface area contributed by atoms with E-state index >= 15 is 0 Å². The summed E-state index contributed by atoms with van der Waals surface area (Å²) >= 11 is 6.79. The highest BCUT2D eigenvalue weighted by atomic mass is 35.5. The molecule has 5 rings (SSSR count). The summed E-state index contributed by atoms with van der Waals surface area (Å²) in [6.07, 6.45) is -1.89. The van der Waals surface area contributed by atoms with Gasteiger partial charge in [0.25, 0.3) is 0 Å². The van der Waals surface area contributed by atoms with Crippen LogP contribution in [0, 0.1) is 23.7 Å². The van der Waals surface area contributed by atoms with Gasteiger partial charge in [0.15, 0.2) is 23.0 Å². The molecule has 5 N–H and O–H groups in total. The zero-order chi connectivity index (χ0) is 27.7. The molecule has 1 saturated heterocycles. The van der Waals surface area contributed by atoms with E-state index in [0.717, 1.165) is 0 Å². The first-order valence-electron chi connectivity index (χ1n) is 12.7. The van der Waals surface area contributed by atoms with E-state index in [-0.39, 0.29) is 24.2 Å². The molecule has 1 amide bonds. The lowest BCUT2D eigenvalue weighted by molar-refractivity contribution is -0.203. The van der Waals surface area contributed by atoms with E-state index in [1.807, 2.05) is 0 Å². The summed E-state index contributed by atoms with van der Waals surface area (Å²) in [5.74, 6) is -8.71. The zero-order valence-corrected chi connectivity index (χ0v) is 22.0. The maximum absolute atomic E-state index is 13.9. The number of halogens is 1. The van der Waals surface area contributed by atoms with Crippen molar-refractivity contribution in [3.63, 3.8) is 0 Å². The van der Waals surface area contributed by atoms with Crippen LogP contribution in [0.15, 0.2) is 6.07 Å². The van der Waals surface area contributed by atoms with Crippen LogP contribution in [0.5, 0.6) is 5.75 Å². The number of likely N-dealkylation sites (N-methyl/N-ethyl adjacent to an activating group) is 1. The third kappa shape index (κ3) is 3.90. The van der Waals surface area contributed by atoms with Crippen LogP contribution in [0.3, 0.4) is 0 Å². The topological polar surface area (TPSA) is 171 Å². The van der Waals surface area contributed by atoms with E-state index in [4.69, 9.17) is 22.1 Å². The van der Waals surface area contributed by atoms with Gasteiger partial charge in [-0.15, -0.1) is 0 Å². The lowest BCUT2D eigenvalue weighted by atomic mass is 9.52. The van der Waals surface area contributed by atoms with E-state index in [9.17, 15) is 34.5 Å². The summed E-state index contributed by atoms with van der Waals surface area (Å²) in [4.78, 5) is 56.5. The Kier molecular flexibility index (Phi) is 6.90. The van der Waals surface area contributed by atoms with Crippen LogP contribution < -0.4 is 5.73 Å². The average molecular weight is 550 g/mol. The van der Waals surface area contributed by atoms with Crippen molar-refractivity contribution >= 4 is 34.9 Å². The molecular weight excluding hydrogens is 518 g/mol. The van der Waals surface area contributed by atoms with Gasteiger partial charge in [0.05, 0.1) is 30.7 Å². The van der Waals surface area contributed by atoms with E-state index < -0.39 is 64.7 Å². The number of carbonyl (C=O) groups excluding carboxylic acids is 4. The summed E-state index contributed by atoms with van der Waals surface area (Å²) in [6.45, 7) is 3.00. The maximum Gasteiger partial charge on any atom is 0.230 e. The van der Waals surface area contributed by atoms with Crippen LogP contribution in [-0.4, -0.2) is 107 Å². The molecule has 7 atom stereocenters. The highest BCUT2D eigenvalue weighted by Gasteiger charge is 2.69. The number of fused-ring (bicyclic) bond motifs is 3. The Balaban J connectivity index is 1.56. The molecule has 0 spiro atoms. The van der Waals surface area contributed by atoms with Crippen molar-refractivity contribution in [1.82, 2.24) is 9.80 Å². The van der Waals surface area contributed by atoms with E-state index in [1.54, 1.807) is 14.1 Å². The molecule has 2 saturated carbocycles. The highest BCUT2D eigenvalue weighted by molar-refractivity contribution is 6.33. The second-order valence-electron chi connectivity index (χ2n) is 11.1. The number of hydrogen-bond acceptors (Lipinski definition) is 10. The van der Waals surface area contributed by atoms with E-state index in [2.05, 4.69) is 4.90 Å². The number of benzene rings is 1. The fourth-order valence-corrected chi connectivity index (χ4v) is 7.30. The summed E-state index contributed by atoms with van der Waals surface area (Å²) in [6, 6.07) is 0.345. The van der Waals surface area contributed by atoms with Gasteiger partial charge < -0.3 is 25.8 Å². The third-order valence-corrected chi connectivity index (χ3v) is 9.26. The minimum absolute atomic E-state index is 0.0417. The quantitative estimate of drug-likeness (QED) is 0.347.